The zero-order valence-corrected chi connectivity index (χ0v) is 8.97. The van der Waals surface area contributed by atoms with Gasteiger partial charge in [0, 0.05) is 11.9 Å². The Morgan fingerprint density at radius 3 is 2.61 bits per heavy atom. The van der Waals surface area contributed by atoms with E-state index in [1.165, 1.54) is 12.2 Å². The van der Waals surface area contributed by atoms with Gasteiger partial charge in [0.1, 0.15) is 5.69 Å². The molecule has 2 aromatic heterocycles. The van der Waals surface area contributed by atoms with E-state index < -0.39 is 21.9 Å². The van der Waals surface area contributed by atoms with Gasteiger partial charge in [0.2, 0.25) is 0 Å². The van der Waals surface area contributed by atoms with Gasteiger partial charge in [-0.2, -0.15) is 0 Å². The summed E-state index contributed by atoms with van der Waals surface area (Å²) in [5, 5.41) is 10.7. The average Bonchev–Trinajstić information content (AvgIpc) is 2.77. The van der Waals surface area contributed by atoms with Crippen molar-refractivity contribution in [3.63, 3.8) is 0 Å². The van der Waals surface area contributed by atoms with Crippen LogP contribution in [0.4, 0.5) is 5.69 Å². The molecule has 8 nitrogen and oxygen atoms in total. The van der Waals surface area contributed by atoms with Gasteiger partial charge in [-0.15, -0.1) is 0 Å². The second-order valence-corrected chi connectivity index (χ2v) is 3.39. The Labute approximate surface area is 99.2 Å². The van der Waals surface area contributed by atoms with Crippen LogP contribution in [-0.4, -0.2) is 19.9 Å². The summed E-state index contributed by atoms with van der Waals surface area (Å²) in [6, 6.07) is 3.47. The highest BCUT2D eigenvalue weighted by molar-refractivity contribution is 5.70. The van der Waals surface area contributed by atoms with E-state index in [1.54, 1.807) is 23.3 Å². The van der Waals surface area contributed by atoms with Gasteiger partial charge < -0.3 is 9.97 Å². The van der Waals surface area contributed by atoms with Gasteiger partial charge >= 0.3 is 16.9 Å². The average molecular weight is 248 g/mol. The minimum absolute atomic E-state index is 0.150. The molecule has 2 aromatic rings. The first-order valence-electron chi connectivity index (χ1n) is 4.90. The largest absolute Gasteiger partial charge is 0.362 e. The topological polar surface area (TPSA) is 125 Å². The van der Waals surface area contributed by atoms with Crippen molar-refractivity contribution >= 4 is 17.8 Å². The summed E-state index contributed by atoms with van der Waals surface area (Å²) in [6.45, 7) is 0. The Balaban J connectivity index is 2.53. The quantitative estimate of drug-likeness (QED) is 0.539. The predicted molar refractivity (Wildman–Crippen MR) is 64.1 cm³/mol. The highest BCUT2D eigenvalue weighted by Gasteiger charge is 2.18. The van der Waals surface area contributed by atoms with Gasteiger partial charge in [0.25, 0.3) is 0 Å². The van der Waals surface area contributed by atoms with Crippen LogP contribution in [0.15, 0.2) is 27.9 Å². The SMILES string of the molecule is O=c1[nH]c(/C=C/c2ccc[nH]2)c([N+](=O)[O-])c(=O)[nH]1. The lowest BCUT2D eigenvalue weighted by Gasteiger charge is -1.95. The third kappa shape index (κ3) is 2.26. The fraction of sp³-hybridized carbons (Fsp3) is 0. The van der Waals surface area contributed by atoms with E-state index in [-0.39, 0.29) is 5.69 Å². The van der Waals surface area contributed by atoms with Crippen LogP contribution < -0.4 is 11.2 Å². The number of hydrogen-bond acceptors (Lipinski definition) is 4. The third-order valence-electron chi connectivity index (χ3n) is 2.18. The van der Waals surface area contributed by atoms with E-state index >= 15 is 0 Å². The van der Waals surface area contributed by atoms with Gasteiger partial charge in [-0.05, 0) is 24.3 Å². The highest BCUT2D eigenvalue weighted by Crippen LogP contribution is 2.11. The first-order chi connectivity index (χ1) is 8.58. The number of aromatic nitrogens is 3. The molecule has 0 aromatic carbocycles. The smallest absolute Gasteiger partial charge is 0.357 e. The van der Waals surface area contributed by atoms with E-state index in [0.29, 0.717) is 5.69 Å². The molecule has 0 fully saturated rings. The summed E-state index contributed by atoms with van der Waals surface area (Å²) >= 11 is 0. The molecule has 0 saturated carbocycles. The molecule has 0 aliphatic carbocycles. The van der Waals surface area contributed by atoms with Crippen LogP contribution in [0.25, 0.3) is 12.2 Å². The number of rotatable bonds is 3. The van der Waals surface area contributed by atoms with Crippen molar-refractivity contribution in [2.75, 3.05) is 0 Å². The zero-order valence-electron chi connectivity index (χ0n) is 8.97. The molecular weight excluding hydrogens is 240 g/mol. The summed E-state index contributed by atoms with van der Waals surface area (Å²) in [6.07, 6.45) is 4.48. The van der Waals surface area contributed by atoms with Crippen LogP contribution >= 0.6 is 0 Å². The van der Waals surface area contributed by atoms with E-state index in [9.17, 15) is 19.7 Å². The number of hydrogen-bond donors (Lipinski definition) is 3. The lowest BCUT2D eigenvalue weighted by atomic mass is 10.3. The zero-order chi connectivity index (χ0) is 13.1. The van der Waals surface area contributed by atoms with Crippen LogP contribution in [0.2, 0.25) is 0 Å². The van der Waals surface area contributed by atoms with Crippen LogP contribution in [0.3, 0.4) is 0 Å². The maximum atomic E-state index is 11.3. The number of nitro groups is 1. The molecule has 2 heterocycles. The molecule has 18 heavy (non-hydrogen) atoms. The summed E-state index contributed by atoms with van der Waals surface area (Å²) in [5.74, 6) is 0. The van der Waals surface area contributed by atoms with E-state index in [4.69, 9.17) is 0 Å². The van der Waals surface area contributed by atoms with E-state index in [2.05, 4.69) is 9.97 Å². The van der Waals surface area contributed by atoms with Crippen molar-refractivity contribution in [3.8, 4) is 0 Å². The molecular formula is C10H8N4O4. The Morgan fingerprint density at radius 1 is 1.22 bits per heavy atom. The normalized spacial score (nSPS) is 10.9. The minimum Gasteiger partial charge on any atom is -0.362 e. The number of nitrogens with zero attached hydrogens (tertiary/aromatic N) is 1. The molecule has 8 heteroatoms. The standard InChI is InChI=1S/C10H8N4O4/c15-9-8(14(17)18)7(12-10(16)13-9)4-3-6-2-1-5-11-6/h1-5,11H,(H2,12,13,15,16)/b4-3+. The minimum atomic E-state index is -1.03. The Morgan fingerprint density at radius 2 is 2.00 bits per heavy atom. The fourth-order valence-electron chi connectivity index (χ4n) is 1.42. The predicted octanol–water partition coefficient (Wildman–Crippen LogP) is 0.470. The van der Waals surface area contributed by atoms with Crippen LogP contribution in [0.5, 0.6) is 0 Å². The van der Waals surface area contributed by atoms with E-state index in [1.807, 2.05) is 0 Å². The van der Waals surface area contributed by atoms with Crippen molar-refractivity contribution in [2.45, 2.75) is 0 Å². The van der Waals surface area contributed by atoms with Crippen LogP contribution in [0.1, 0.15) is 11.4 Å². The monoisotopic (exact) mass is 248 g/mol. The Hall–Kier alpha value is -2.90. The van der Waals surface area contributed by atoms with Gasteiger partial charge in [-0.1, -0.05) is 0 Å². The highest BCUT2D eigenvalue weighted by atomic mass is 16.6. The first kappa shape index (κ1) is 11.6. The summed E-state index contributed by atoms with van der Waals surface area (Å²) in [5.41, 5.74) is -1.99. The summed E-state index contributed by atoms with van der Waals surface area (Å²) < 4.78 is 0. The van der Waals surface area contributed by atoms with Crippen molar-refractivity contribution in [3.05, 3.63) is 60.7 Å². The summed E-state index contributed by atoms with van der Waals surface area (Å²) in [4.78, 5) is 39.1. The Bertz CT molecular complexity index is 708. The number of aromatic amines is 3. The maximum Gasteiger partial charge on any atom is 0.357 e. The number of H-pyrrole nitrogens is 3. The second-order valence-electron chi connectivity index (χ2n) is 3.39. The third-order valence-corrected chi connectivity index (χ3v) is 2.18. The molecule has 0 spiro atoms. The van der Waals surface area contributed by atoms with Gasteiger partial charge in [-0.25, -0.2) is 4.79 Å². The number of nitrogens with one attached hydrogen (secondary N) is 3. The van der Waals surface area contributed by atoms with Crippen molar-refractivity contribution < 1.29 is 4.92 Å². The molecule has 0 aliphatic rings. The Kier molecular flexibility index (Phi) is 2.92. The van der Waals surface area contributed by atoms with Crippen molar-refractivity contribution in [2.24, 2.45) is 0 Å². The fourth-order valence-corrected chi connectivity index (χ4v) is 1.42. The van der Waals surface area contributed by atoms with Crippen LogP contribution in [0, 0.1) is 10.1 Å². The van der Waals surface area contributed by atoms with Gasteiger partial charge in [-0.3, -0.25) is 19.9 Å². The molecule has 0 unspecified atom stereocenters. The summed E-state index contributed by atoms with van der Waals surface area (Å²) in [7, 11) is 0. The second kappa shape index (κ2) is 4.53. The lowest BCUT2D eigenvalue weighted by Crippen LogP contribution is -2.25. The molecule has 92 valence electrons. The maximum absolute atomic E-state index is 11.3. The molecule has 0 saturated heterocycles. The molecule has 0 aliphatic heterocycles. The lowest BCUT2D eigenvalue weighted by molar-refractivity contribution is -0.386. The van der Waals surface area contributed by atoms with Crippen molar-refractivity contribution in [1.82, 2.24) is 15.0 Å². The van der Waals surface area contributed by atoms with Gasteiger partial charge in [0.05, 0.1) is 4.92 Å². The van der Waals surface area contributed by atoms with Crippen molar-refractivity contribution in [1.29, 1.82) is 0 Å². The molecule has 2 rings (SSSR count). The molecule has 0 bridgehead atoms. The van der Waals surface area contributed by atoms with E-state index in [0.717, 1.165) is 0 Å². The van der Waals surface area contributed by atoms with Gasteiger partial charge in [0.15, 0.2) is 0 Å². The molecule has 3 N–H and O–H groups in total. The molecule has 0 atom stereocenters. The molecule has 0 radical (unpaired) electrons. The molecule has 0 amide bonds. The first-order valence-corrected chi connectivity index (χ1v) is 4.90. The van der Waals surface area contributed by atoms with Crippen LogP contribution in [-0.2, 0) is 0 Å².